The molecule has 0 bridgehead atoms. The topological polar surface area (TPSA) is 98.1 Å². The Labute approximate surface area is 228 Å². The van der Waals surface area contributed by atoms with Gasteiger partial charge in [0.1, 0.15) is 5.75 Å². The van der Waals surface area contributed by atoms with Gasteiger partial charge in [-0.3, -0.25) is 4.90 Å². The number of aromatic hydroxyl groups is 1. The van der Waals surface area contributed by atoms with E-state index in [1.54, 1.807) is 42.5 Å². The van der Waals surface area contributed by atoms with Crippen LogP contribution in [-0.2, 0) is 22.8 Å². The van der Waals surface area contributed by atoms with Crippen LogP contribution >= 0.6 is 11.6 Å². The molecule has 0 spiro atoms. The van der Waals surface area contributed by atoms with Gasteiger partial charge in [0, 0.05) is 24.2 Å². The molecule has 2 atom stereocenters. The summed E-state index contributed by atoms with van der Waals surface area (Å²) >= 11 is 6.12. The molecule has 0 aliphatic carbocycles. The van der Waals surface area contributed by atoms with E-state index in [9.17, 15) is 23.7 Å². The predicted molar refractivity (Wildman–Crippen MR) is 148 cm³/mol. The fourth-order valence-corrected chi connectivity index (χ4v) is 5.81. The summed E-state index contributed by atoms with van der Waals surface area (Å²) in [6.07, 6.45) is -0.366. The van der Waals surface area contributed by atoms with Crippen LogP contribution in [0.3, 0.4) is 0 Å². The number of hydrogen-bond donors (Lipinski definition) is 3. The lowest BCUT2D eigenvalue weighted by molar-refractivity contribution is 0.0566. The SMILES string of the molecule is O=S(=O)(c1ccc(O)cc1)c1ccc(C[C@@H](CO)N(Cc2ccccc2)C[C@H](O)c2cccc(Cl)c2)cc1. The second-order valence-corrected chi connectivity index (χ2v) is 11.6. The molecule has 198 valence electrons. The number of aliphatic hydroxyl groups excluding tert-OH is 2. The van der Waals surface area contributed by atoms with E-state index >= 15 is 0 Å². The van der Waals surface area contributed by atoms with Crippen molar-refractivity contribution in [1.29, 1.82) is 0 Å². The summed E-state index contributed by atoms with van der Waals surface area (Å²) in [5, 5.41) is 31.4. The molecule has 0 radical (unpaired) electrons. The Balaban J connectivity index is 1.54. The fourth-order valence-electron chi connectivity index (χ4n) is 4.35. The first-order valence-electron chi connectivity index (χ1n) is 12.2. The lowest BCUT2D eigenvalue weighted by Gasteiger charge is -2.32. The highest BCUT2D eigenvalue weighted by molar-refractivity contribution is 7.91. The van der Waals surface area contributed by atoms with Gasteiger partial charge in [-0.15, -0.1) is 0 Å². The van der Waals surface area contributed by atoms with Gasteiger partial charge in [0.2, 0.25) is 9.84 Å². The van der Waals surface area contributed by atoms with Crippen molar-refractivity contribution in [1.82, 2.24) is 4.90 Å². The van der Waals surface area contributed by atoms with E-state index in [0.717, 1.165) is 11.1 Å². The number of phenols is 1. The third kappa shape index (κ3) is 7.01. The minimum atomic E-state index is -3.73. The van der Waals surface area contributed by atoms with E-state index in [0.29, 0.717) is 23.6 Å². The number of benzene rings is 4. The monoisotopic (exact) mass is 551 g/mol. The maximum absolute atomic E-state index is 13.0. The third-order valence-electron chi connectivity index (χ3n) is 6.45. The standard InChI is InChI=1S/C30H30ClNO5S/c31-25-8-4-7-24(18-25)30(35)20-32(19-23-5-2-1-3-6-23)26(21-33)17-22-9-13-28(14-10-22)38(36,37)29-15-11-27(34)12-16-29/h1-16,18,26,30,33-35H,17,19-21H2/t26-,30-/m0/s1. The van der Waals surface area contributed by atoms with Crippen LogP contribution in [0.2, 0.25) is 5.02 Å². The number of phenolic OH excluding ortho intramolecular Hbond substituents is 1. The van der Waals surface area contributed by atoms with Crippen molar-refractivity contribution in [3.05, 3.63) is 125 Å². The summed E-state index contributed by atoms with van der Waals surface area (Å²) in [5.74, 6) is -0.00474. The summed E-state index contributed by atoms with van der Waals surface area (Å²) in [6, 6.07) is 28.6. The molecule has 0 aliphatic rings. The molecule has 4 rings (SSSR count). The fraction of sp³-hybridized carbons (Fsp3) is 0.200. The summed E-state index contributed by atoms with van der Waals surface area (Å²) < 4.78 is 25.9. The van der Waals surface area contributed by atoms with Crippen molar-refractivity contribution < 1.29 is 23.7 Å². The Bertz CT molecular complexity index is 1430. The maximum atomic E-state index is 13.0. The molecule has 3 N–H and O–H groups in total. The lowest BCUT2D eigenvalue weighted by atomic mass is 10.0. The van der Waals surface area contributed by atoms with Gasteiger partial charge in [0.05, 0.1) is 22.5 Å². The quantitative estimate of drug-likeness (QED) is 0.242. The van der Waals surface area contributed by atoms with Crippen molar-refractivity contribution in [3.63, 3.8) is 0 Å². The molecule has 0 fully saturated rings. The van der Waals surface area contributed by atoms with Crippen LogP contribution in [0.5, 0.6) is 5.75 Å². The Morgan fingerprint density at radius 1 is 0.789 bits per heavy atom. The summed E-state index contributed by atoms with van der Waals surface area (Å²) in [7, 11) is -3.73. The lowest BCUT2D eigenvalue weighted by Crippen LogP contribution is -2.41. The second-order valence-electron chi connectivity index (χ2n) is 9.17. The number of rotatable bonds is 11. The average molecular weight is 552 g/mol. The molecule has 0 aliphatic heterocycles. The van der Waals surface area contributed by atoms with Crippen LogP contribution in [0, 0.1) is 0 Å². The van der Waals surface area contributed by atoms with E-state index in [1.165, 1.54) is 24.3 Å². The normalized spacial score (nSPS) is 13.4. The van der Waals surface area contributed by atoms with Crippen molar-refractivity contribution in [3.8, 4) is 5.75 Å². The van der Waals surface area contributed by atoms with E-state index in [2.05, 4.69) is 0 Å². The van der Waals surface area contributed by atoms with E-state index in [-0.39, 0.29) is 34.7 Å². The molecular formula is C30H30ClNO5S. The first-order valence-corrected chi connectivity index (χ1v) is 14.1. The highest BCUT2D eigenvalue weighted by atomic mass is 35.5. The molecule has 6 nitrogen and oxygen atoms in total. The van der Waals surface area contributed by atoms with Gasteiger partial charge in [-0.05, 0) is 71.6 Å². The zero-order valence-electron chi connectivity index (χ0n) is 20.7. The zero-order chi connectivity index (χ0) is 27.1. The van der Waals surface area contributed by atoms with Crippen LogP contribution < -0.4 is 0 Å². The van der Waals surface area contributed by atoms with Crippen LogP contribution in [0.4, 0.5) is 0 Å². The molecule has 0 saturated carbocycles. The Morgan fingerprint density at radius 2 is 1.42 bits per heavy atom. The van der Waals surface area contributed by atoms with Crippen molar-refractivity contribution in [2.75, 3.05) is 13.2 Å². The number of halogens is 1. The van der Waals surface area contributed by atoms with Crippen molar-refractivity contribution >= 4 is 21.4 Å². The van der Waals surface area contributed by atoms with Gasteiger partial charge in [-0.2, -0.15) is 0 Å². The molecule has 0 unspecified atom stereocenters. The van der Waals surface area contributed by atoms with E-state index < -0.39 is 15.9 Å². The van der Waals surface area contributed by atoms with E-state index in [1.807, 2.05) is 41.3 Å². The average Bonchev–Trinajstić information content (AvgIpc) is 2.92. The van der Waals surface area contributed by atoms with Gasteiger partial charge < -0.3 is 15.3 Å². The van der Waals surface area contributed by atoms with Gasteiger partial charge in [-0.25, -0.2) is 8.42 Å². The minimum Gasteiger partial charge on any atom is -0.508 e. The minimum absolute atomic E-state index is 0.00474. The predicted octanol–water partition coefficient (Wildman–Crippen LogP) is 5.02. The first-order chi connectivity index (χ1) is 18.3. The number of nitrogens with zero attached hydrogens (tertiary/aromatic N) is 1. The molecule has 8 heteroatoms. The maximum Gasteiger partial charge on any atom is 0.206 e. The third-order valence-corrected chi connectivity index (χ3v) is 8.47. The Morgan fingerprint density at radius 3 is 2.03 bits per heavy atom. The summed E-state index contributed by atoms with van der Waals surface area (Å²) in [6.45, 7) is 0.632. The molecule has 0 saturated heterocycles. The zero-order valence-corrected chi connectivity index (χ0v) is 22.3. The molecule has 4 aromatic rings. The highest BCUT2D eigenvalue weighted by Crippen LogP contribution is 2.25. The molecule has 0 aromatic heterocycles. The number of sulfone groups is 1. The van der Waals surface area contributed by atoms with Crippen LogP contribution in [-0.4, -0.2) is 47.8 Å². The Kier molecular flexibility index (Phi) is 9.20. The summed E-state index contributed by atoms with van der Waals surface area (Å²) in [4.78, 5) is 2.27. The van der Waals surface area contributed by atoms with Crippen LogP contribution in [0.25, 0.3) is 0 Å². The van der Waals surface area contributed by atoms with Gasteiger partial charge in [-0.1, -0.05) is 66.2 Å². The van der Waals surface area contributed by atoms with Crippen molar-refractivity contribution in [2.24, 2.45) is 0 Å². The van der Waals surface area contributed by atoms with Gasteiger partial charge in [0.15, 0.2) is 0 Å². The molecule has 0 heterocycles. The van der Waals surface area contributed by atoms with Gasteiger partial charge >= 0.3 is 0 Å². The molecule has 38 heavy (non-hydrogen) atoms. The number of aliphatic hydroxyl groups is 2. The molecule has 0 amide bonds. The van der Waals surface area contributed by atoms with Crippen molar-refractivity contribution in [2.45, 2.75) is 34.9 Å². The molecular weight excluding hydrogens is 522 g/mol. The van der Waals surface area contributed by atoms with Crippen LogP contribution in [0.15, 0.2) is 113 Å². The second kappa shape index (κ2) is 12.6. The van der Waals surface area contributed by atoms with Gasteiger partial charge in [0.25, 0.3) is 0 Å². The summed E-state index contributed by atoms with van der Waals surface area (Å²) in [5.41, 5.74) is 2.58. The Hall–Kier alpha value is -3.20. The molecule has 4 aromatic carbocycles. The smallest absolute Gasteiger partial charge is 0.206 e. The number of hydrogen-bond acceptors (Lipinski definition) is 6. The first kappa shape index (κ1) is 27.8. The van der Waals surface area contributed by atoms with E-state index in [4.69, 9.17) is 11.6 Å². The largest absolute Gasteiger partial charge is 0.508 e. The van der Waals surface area contributed by atoms with Crippen LogP contribution in [0.1, 0.15) is 22.8 Å². The highest BCUT2D eigenvalue weighted by Gasteiger charge is 2.23.